The number of aliphatic imine (C=N–C) groups is 2. The van der Waals surface area contributed by atoms with Crippen LogP contribution in [-0.2, 0) is 17.9 Å². The highest BCUT2D eigenvalue weighted by atomic mass is 19.1. The first-order valence-electron chi connectivity index (χ1n) is 11.2. The highest BCUT2D eigenvalue weighted by Crippen LogP contribution is 2.29. The molecule has 0 bridgehead atoms. The Morgan fingerprint density at radius 3 is 2.47 bits per heavy atom. The third-order valence-corrected chi connectivity index (χ3v) is 5.79. The van der Waals surface area contributed by atoms with Gasteiger partial charge in [0, 0.05) is 25.8 Å². The number of benzene rings is 2. The number of nitrogens with zero attached hydrogens (tertiary/aromatic N) is 4. The number of halogens is 1. The molecule has 1 heterocycles. The third-order valence-electron chi connectivity index (χ3n) is 5.79. The number of hydrogen-bond donors (Lipinski definition) is 1. The van der Waals surface area contributed by atoms with Crippen LogP contribution in [0.5, 0.6) is 0 Å². The zero-order chi connectivity index (χ0) is 24.2. The first-order chi connectivity index (χ1) is 16.6. The van der Waals surface area contributed by atoms with Crippen molar-refractivity contribution in [3.8, 4) is 12.1 Å². The second kappa shape index (κ2) is 12.6. The molecule has 2 aromatic rings. The van der Waals surface area contributed by atoms with Crippen molar-refractivity contribution >= 4 is 11.9 Å². The minimum atomic E-state index is -0.968. The van der Waals surface area contributed by atoms with Crippen LogP contribution < -0.4 is 5.32 Å². The molecule has 6 nitrogen and oxygen atoms in total. The number of hydrogen-bond acceptors (Lipinski definition) is 6. The molecule has 0 saturated heterocycles. The molecule has 0 fully saturated rings. The Hall–Kier alpha value is -3.65. The van der Waals surface area contributed by atoms with Gasteiger partial charge < -0.3 is 10.1 Å². The SMILES string of the molecule is CN=C(C(C#N)C#N)C1(CCC(COCc2ccccc2)NCc2ccc(F)cc2)C=CC=N1. The van der Waals surface area contributed by atoms with E-state index in [1.165, 1.54) is 12.1 Å². The maximum absolute atomic E-state index is 13.3. The maximum Gasteiger partial charge on any atom is 0.173 e. The molecule has 7 heteroatoms. The van der Waals surface area contributed by atoms with E-state index in [0.29, 0.717) is 38.3 Å². The monoisotopic (exact) mass is 457 g/mol. The number of rotatable bonds is 12. The Labute approximate surface area is 200 Å². The van der Waals surface area contributed by atoms with Crippen LogP contribution in [-0.4, -0.2) is 37.2 Å². The third kappa shape index (κ3) is 6.68. The van der Waals surface area contributed by atoms with Gasteiger partial charge in [-0.25, -0.2) is 4.39 Å². The fourth-order valence-corrected chi connectivity index (χ4v) is 3.97. The van der Waals surface area contributed by atoms with E-state index in [-0.39, 0.29) is 11.9 Å². The van der Waals surface area contributed by atoms with Crippen molar-refractivity contribution in [2.45, 2.75) is 37.6 Å². The summed E-state index contributed by atoms with van der Waals surface area (Å²) in [5.74, 6) is -1.24. The predicted molar refractivity (Wildman–Crippen MR) is 131 cm³/mol. The topological polar surface area (TPSA) is 93.6 Å². The van der Waals surface area contributed by atoms with E-state index in [4.69, 9.17) is 4.74 Å². The fraction of sp³-hybridized carbons (Fsp3) is 0.333. The van der Waals surface area contributed by atoms with Crippen LogP contribution in [0.2, 0.25) is 0 Å². The molecule has 34 heavy (non-hydrogen) atoms. The van der Waals surface area contributed by atoms with E-state index in [0.717, 1.165) is 11.1 Å². The van der Waals surface area contributed by atoms with Gasteiger partial charge in [-0.3, -0.25) is 9.98 Å². The van der Waals surface area contributed by atoms with Gasteiger partial charge in [-0.15, -0.1) is 0 Å². The van der Waals surface area contributed by atoms with E-state index in [1.807, 2.05) is 54.6 Å². The van der Waals surface area contributed by atoms with Crippen molar-refractivity contribution in [1.82, 2.24) is 5.32 Å². The lowest BCUT2D eigenvalue weighted by Gasteiger charge is -2.29. The lowest BCUT2D eigenvalue weighted by atomic mass is 9.82. The van der Waals surface area contributed by atoms with Crippen molar-refractivity contribution in [2.75, 3.05) is 13.7 Å². The smallest absolute Gasteiger partial charge is 0.173 e. The van der Waals surface area contributed by atoms with Crippen molar-refractivity contribution in [3.05, 3.63) is 83.7 Å². The predicted octanol–water partition coefficient (Wildman–Crippen LogP) is 4.39. The summed E-state index contributed by atoms with van der Waals surface area (Å²) < 4.78 is 19.3. The number of allylic oxidation sites excluding steroid dienone is 1. The molecule has 2 unspecified atom stereocenters. The van der Waals surface area contributed by atoms with Gasteiger partial charge in [-0.05, 0) is 48.3 Å². The van der Waals surface area contributed by atoms with Crippen LogP contribution in [0.15, 0.2) is 76.7 Å². The molecule has 3 rings (SSSR count). The van der Waals surface area contributed by atoms with E-state index < -0.39 is 11.5 Å². The van der Waals surface area contributed by atoms with Gasteiger partial charge in [0.15, 0.2) is 5.92 Å². The molecule has 1 aliphatic rings. The Kier molecular flexibility index (Phi) is 9.22. The van der Waals surface area contributed by atoms with Crippen LogP contribution in [0, 0.1) is 34.4 Å². The minimum absolute atomic E-state index is 0.0319. The van der Waals surface area contributed by atoms with E-state index in [2.05, 4.69) is 15.3 Å². The van der Waals surface area contributed by atoms with Gasteiger partial charge in [0.2, 0.25) is 0 Å². The maximum atomic E-state index is 13.3. The average Bonchev–Trinajstić information content (AvgIpc) is 3.35. The van der Waals surface area contributed by atoms with Crippen LogP contribution >= 0.6 is 0 Å². The molecular weight excluding hydrogens is 429 g/mol. The second-order valence-electron chi connectivity index (χ2n) is 8.11. The van der Waals surface area contributed by atoms with Gasteiger partial charge >= 0.3 is 0 Å². The normalized spacial score (nSPS) is 18.1. The molecule has 2 atom stereocenters. The Morgan fingerprint density at radius 2 is 1.85 bits per heavy atom. The molecular formula is C27H28FN5O. The summed E-state index contributed by atoms with van der Waals surface area (Å²) in [4.78, 5) is 8.89. The minimum Gasteiger partial charge on any atom is -0.375 e. The van der Waals surface area contributed by atoms with Crippen LogP contribution in [0.4, 0.5) is 4.39 Å². The molecule has 0 saturated carbocycles. The fourth-order valence-electron chi connectivity index (χ4n) is 3.97. The molecule has 2 aromatic carbocycles. The molecule has 0 spiro atoms. The van der Waals surface area contributed by atoms with Gasteiger partial charge in [0.25, 0.3) is 0 Å². The van der Waals surface area contributed by atoms with Crippen LogP contribution in [0.1, 0.15) is 24.0 Å². The molecule has 1 aliphatic heterocycles. The largest absolute Gasteiger partial charge is 0.375 e. The van der Waals surface area contributed by atoms with Crippen molar-refractivity contribution in [2.24, 2.45) is 15.9 Å². The van der Waals surface area contributed by atoms with Crippen molar-refractivity contribution in [1.29, 1.82) is 10.5 Å². The summed E-state index contributed by atoms with van der Waals surface area (Å²) >= 11 is 0. The van der Waals surface area contributed by atoms with Gasteiger partial charge in [0.1, 0.15) is 11.4 Å². The number of nitrogens with one attached hydrogen (secondary N) is 1. The lowest BCUT2D eigenvalue weighted by molar-refractivity contribution is 0.0945. The number of nitriles is 2. The van der Waals surface area contributed by atoms with E-state index in [9.17, 15) is 14.9 Å². The summed E-state index contributed by atoms with van der Waals surface area (Å²) in [5.41, 5.74) is 1.68. The summed E-state index contributed by atoms with van der Waals surface area (Å²) in [5, 5.41) is 22.4. The summed E-state index contributed by atoms with van der Waals surface area (Å²) in [6.45, 7) is 1.50. The highest BCUT2D eigenvalue weighted by Gasteiger charge is 2.38. The summed E-state index contributed by atoms with van der Waals surface area (Å²) in [7, 11) is 1.59. The zero-order valence-corrected chi connectivity index (χ0v) is 19.2. The van der Waals surface area contributed by atoms with Gasteiger partial charge in [-0.1, -0.05) is 42.5 Å². The Balaban J connectivity index is 1.70. The molecule has 0 amide bonds. The summed E-state index contributed by atoms with van der Waals surface area (Å²) in [6.07, 6.45) is 6.63. The highest BCUT2D eigenvalue weighted by molar-refractivity contribution is 6.03. The molecule has 0 radical (unpaired) electrons. The zero-order valence-electron chi connectivity index (χ0n) is 19.2. The quantitative estimate of drug-likeness (QED) is 0.478. The number of ether oxygens (including phenoxy) is 1. The molecule has 0 aliphatic carbocycles. The van der Waals surface area contributed by atoms with Crippen molar-refractivity contribution < 1.29 is 9.13 Å². The lowest BCUT2D eigenvalue weighted by Crippen LogP contribution is -2.41. The Bertz CT molecular complexity index is 1070. The molecule has 1 N–H and O–H groups in total. The first-order valence-corrected chi connectivity index (χ1v) is 11.2. The van der Waals surface area contributed by atoms with Gasteiger partial charge in [-0.2, -0.15) is 10.5 Å². The molecule has 0 aromatic heterocycles. The second-order valence-corrected chi connectivity index (χ2v) is 8.11. The summed E-state index contributed by atoms with van der Waals surface area (Å²) in [6, 6.07) is 20.4. The van der Waals surface area contributed by atoms with E-state index >= 15 is 0 Å². The van der Waals surface area contributed by atoms with Gasteiger partial charge in [0.05, 0.1) is 31.1 Å². The first kappa shape index (κ1) is 25.0. The van der Waals surface area contributed by atoms with E-state index in [1.54, 1.807) is 25.4 Å². The van der Waals surface area contributed by atoms with Crippen molar-refractivity contribution in [3.63, 3.8) is 0 Å². The molecule has 174 valence electrons. The average molecular weight is 458 g/mol. The van der Waals surface area contributed by atoms with Crippen LogP contribution in [0.3, 0.4) is 0 Å². The van der Waals surface area contributed by atoms with Crippen LogP contribution in [0.25, 0.3) is 0 Å². The Morgan fingerprint density at radius 1 is 1.12 bits per heavy atom. The standard InChI is InChI=1S/C27H28FN5O/c1-31-26(23(16-29)17-30)27(13-5-15-33-27)14-12-25(20-34-19-22-6-3-2-4-7-22)32-18-21-8-10-24(28)11-9-21/h2-11,13,15,23,25,32H,12,14,18-20H2,1H3.